The molecule has 1 aromatic heterocycles. The summed E-state index contributed by atoms with van der Waals surface area (Å²) < 4.78 is 0. The molecule has 3 rings (SSSR count). The molecule has 0 bridgehead atoms. The van der Waals surface area contributed by atoms with Gasteiger partial charge in [-0.1, -0.05) is 54.6 Å². The van der Waals surface area contributed by atoms with Crippen LogP contribution in [-0.4, -0.2) is 16.1 Å². The van der Waals surface area contributed by atoms with Gasteiger partial charge in [0.15, 0.2) is 0 Å². The first-order valence-corrected chi connectivity index (χ1v) is 9.00. The number of nitrogens with zero attached hydrogens (tertiary/aromatic N) is 1. The van der Waals surface area contributed by atoms with Crippen molar-refractivity contribution in [3.63, 3.8) is 0 Å². The highest BCUT2D eigenvalue weighted by atomic mass is 35.5. The van der Waals surface area contributed by atoms with E-state index in [1.165, 1.54) is 11.8 Å². The van der Waals surface area contributed by atoms with Gasteiger partial charge in [-0.3, -0.25) is 4.79 Å². The summed E-state index contributed by atoms with van der Waals surface area (Å²) in [6.07, 6.45) is 0.721. The second kappa shape index (κ2) is 7.69. The van der Waals surface area contributed by atoms with Crippen LogP contribution in [0.3, 0.4) is 0 Å². The van der Waals surface area contributed by atoms with Gasteiger partial charge in [0.25, 0.3) is 0 Å². The first kappa shape index (κ1) is 16.8. The van der Waals surface area contributed by atoms with E-state index in [9.17, 15) is 4.79 Å². The van der Waals surface area contributed by atoms with Gasteiger partial charge in [0, 0.05) is 16.1 Å². The molecular weight excluding hydrogens is 340 g/mol. The summed E-state index contributed by atoms with van der Waals surface area (Å²) in [5.74, 6) is -0.0280. The number of hydrogen-bond donors (Lipinski definition) is 1. The molecule has 5 heteroatoms. The molecule has 0 radical (unpaired) electrons. The van der Waals surface area contributed by atoms with E-state index in [1.54, 1.807) is 24.3 Å². The van der Waals surface area contributed by atoms with Crippen molar-refractivity contribution in [2.45, 2.75) is 23.6 Å². The van der Waals surface area contributed by atoms with Gasteiger partial charge in [0.05, 0.1) is 15.8 Å². The summed E-state index contributed by atoms with van der Waals surface area (Å²) in [6.45, 7) is 2.00. The standard InChI is InChI=1S/C19H17ClN2OS/c1-2-17(19(23)21-15-10-8-14(20)9-11-15)24-18-12-7-13-5-3-4-6-16(13)22-18/h3-12,17H,2H2,1H3,(H,21,23). The minimum atomic E-state index is -0.200. The van der Waals surface area contributed by atoms with Crippen LogP contribution >= 0.6 is 23.4 Å². The number of aromatic nitrogens is 1. The topological polar surface area (TPSA) is 42.0 Å². The Hall–Kier alpha value is -2.04. The van der Waals surface area contributed by atoms with E-state index < -0.39 is 0 Å². The third kappa shape index (κ3) is 4.08. The van der Waals surface area contributed by atoms with Gasteiger partial charge in [-0.15, -0.1) is 0 Å². The lowest BCUT2D eigenvalue weighted by atomic mass is 10.2. The van der Waals surface area contributed by atoms with E-state index in [2.05, 4.69) is 10.3 Å². The number of hydrogen-bond acceptors (Lipinski definition) is 3. The van der Waals surface area contributed by atoms with Gasteiger partial charge in [-0.25, -0.2) is 4.98 Å². The first-order chi connectivity index (χ1) is 11.7. The number of pyridine rings is 1. The zero-order chi connectivity index (χ0) is 16.9. The van der Waals surface area contributed by atoms with Crippen LogP contribution in [0.4, 0.5) is 5.69 Å². The molecule has 1 atom stereocenters. The van der Waals surface area contributed by atoms with E-state index >= 15 is 0 Å². The fraction of sp³-hybridized carbons (Fsp3) is 0.158. The average molecular weight is 357 g/mol. The third-order valence-electron chi connectivity index (χ3n) is 3.61. The van der Waals surface area contributed by atoms with Gasteiger partial charge in [0.1, 0.15) is 0 Å². The lowest BCUT2D eigenvalue weighted by Crippen LogP contribution is -2.24. The number of halogens is 1. The number of carbonyl (C=O) groups excluding carboxylic acids is 1. The molecular formula is C19H17ClN2OS. The molecule has 0 spiro atoms. The zero-order valence-corrected chi connectivity index (χ0v) is 14.8. The highest BCUT2D eigenvalue weighted by molar-refractivity contribution is 8.00. The predicted octanol–water partition coefficient (Wildman–Crippen LogP) is 5.40. The summed E-state index contributed by atoms with van der Waals surface area (Å²) in [5, 5.41) is 5.33. The fourth-order valence-electron chi connectivity index (χ4n) is 2.34. The minimum absolute atomic E-state index is 0.0280. The van der Waals surface area contributed by atoms with Crippen LogP contribution in [-0.2, 0) is 4.79 Å². The molecule has 0 saturated heterocycles. The van der Waals surface area contributed by atoms with Crippen molar-refractivity contribution in [2.75, 3.05) is 5.32 Å². The van der Waals surface area contributed by atoms with Gasteiger partial charge < -0.3 is 5.32 Å². The van der Waals surface area contributed by atoms with Crippen LogP contribution < -0.4 is 5.32 Å². The number of rotatable bonds is 5. The molecule has 0 aliphatic rings. The molecule has 0 saturated carbocycles. The van der Waals surface area contributed by atoms with Crippen molar-refractivity contribution < 1.29 is 4.79 Å². The third-order valence-corrected chi connectivity index (χ3v) is 5.16. The normalized spacial score (nSPS) is 12.1. The Balaban J connectivity index is 1.72. The van der Waals surface area contributed by atoms with Crippen molar-refractivity contribution >= 4 is 45.9 Å². The monoisotopic (exact) mass is 356 g/mol. The largest absolute Gasteiger partial charge is 0.325 e. The Morgan fingerprint density at radius 1 is 1.12 bits per heavy atom. The molecule has 24 heavy (non-hydrogen) atoms. The Kier molecular flexibility index (Phi) is 5.38. The molecule has 122 valence electrons. The summed E-state index contributed by atoms with van der Waals surface area (Å²) in [7, 11) is 0. The van der Waals surface area contributed by atoms with E-state index in [0.29, 0.717) is 5.02 Å². The number of fused-ring (bicyclic) bond motifs is 1. The molecule has 0 fully saturated rings. The van der Waals surface area contributed by atoms with Crippen LogP contribution in [0, 0.1) is 0 Å². The van der Waals surface area contributed by atoms with Crippen LogP contribution in [0.1, 0.15) is 13.3 Å². The maximum Gasteiger partial charge on any atom is 0.237 e. The van der Waals surface area contributed by atoms with Crippen molar-refractivity contribution in [1.29, 1.82) is 0 Å². The minimum Gasteiger partial charge on any atom is -0.325 e. The van der Waals surface area contributed by atoms with Crippen LogP contribution in [0.25, 0.3) is 10.9 Å². The highest BCUT2D eigenvalue weighted by Gasteiger charge is 2.19. The molecule has 1 heterocycles. The summed E-state index contributed by atoms with van der Waals surface area (Å²) >= 11 is 7.35. The number of carbonyl (C=O) groups is 1. The maximum absolute atomic E-state index is 12.5. The van der Waals surface area contributed by atoms with E-state index in [4.69, 9.17) is 11.6 Å². The summed E-state index contributed by atoms with van der Waals surface area (Å²) in [4.78, 5) is 17.1. The fourth-order valence-corrected chi connectivity index (χ4v) is 3.38. The number of amides is 1. The lowest BCUT2D eigenvalue weighted by molar-refractivity contribution is -0.115. The molecule has 1 unspecified atom stereocenters. The highest BCUT2D eigenvalue weighted by Crippen LogP contribution is 2.27. The SMILES string of the molecule is CCC(Sc1ccc2ccccc2n1)C(=O)Nc1ccc(Cl)cc1. The number of para-hydroxylation sites is 1. The average Bonchev–Trinajstić information content (AvgIpc) is 2.61. The smallest absolute Gasteiger partial charge is 0.237 e. The Morgan fingerprint density at radius 3 is 2.62 bits per heavy atom. The second-order valence-electron chi connectivity index (χ2n) is 5.35. The molecule has 1 amide bonds. The van der Waals surface area contributed by atoms with Crippen LogP contribution in [0.15, 0.2) is 65.7 Å². The second-order valence-corrected chi connectivity index (χ2v) is 7.01. The van der Waals surface area contributed by atoms with Crippen molar-refractivity contribution in [3.8, 4) is 0 Å². The van der Waals surface area contributed by atoms with Gasteiger partial charge >= 0.3 is 0 Å². The molecule has 3 nitrogen and oxygen atoms in total. The van der Waals surface area contributed by atoms with Crippen molar-refractivity contribution in [1.82, 2.24) is 4.98 Å². The van der Waals surface area contributed by atoms with Gasteiger partial charge in [-0.2, -0.15) is 0 Å². The molecule has 0 aliphatic heterocycles. The quantitative estimate of drug-likeness (QED) is 0.622. The Morgan fingerprint density at radius 2 is 1.88 bits per heavy atom. The Bertz CT molecular complexity index is 851. The lowest BCUT2D eigenvalue weighted by Gasteiger charge is -2.14. The first-order valence-electron chi connectivity index (χ1n) is 7.74. The van der Waals surface area contributed by atoms with E-state index in [-0.39, 0.29) is 11.2 Å². The van der Waals surface area contributed by atoms with Crippen molar-refractivity contribution in [3.05, 3.63) is 65.7 Å². The summed E-state index contributed by atoms with van der Waals surface area (Å²) in [6, 6.07) is 19.1. The zero-order valence-electron chi connectivity index (χ0n) is 13.2. The molecule has 2 aromatic carbocycles. The summed E-state index contributed by atoms with van der Waals surface area (Å²) in [5.41, 5.74) is 1.69. The predicted molar refractivity (Wildman–Crippen MR) is 102 cm³/mol. The van der Waals surface area contributed by atoms with E-state index in [1.807, 2.05) is 43.3 Å². The van der Waals surface area contributed by atoms with Crippen molar-refractivity contribution in [2.24, 2.45) is 0 Å². The molecule has 1 N–H and O–H groups in total. The number of thioether (sulfide) groups is 1. The number of benzene rings is 2. The van der Waals surface area contributed by atoms with Gasteiger partial charge in [-0.05, 0) is 42.8 Å². The van der Waals surface area contributed by atoms with Gasteiger partial charge in [0.2, 0.25) is 5.91 Å². The Labute approximate surface area is 150 Å². The van der Waals surface area contributed by atoms with Crippen LogP contribution in [0.5, 0.6) is 0 Å². The number of nitrogens with one attached hydrogen (secondary N) is 1. The number of anilines is 1. The van der Waals surface area contributed by atoms with E-state index in [0.717, 1.165) is 28.0 Å². The molecule has 3 aromatic rings. The maximum atomic E-state index is 12.5. The van der Waals surface area contributed by atoms with Crippen LogP contribution in [0.2, 0.25) is 5.02 Å². The molecule has 0 aliphatic carbocycles.